The molecule has 0 spiro atoms. The van der Waals surface area contributed by atoms with Gasteiger partial charge in [-0.15, -0.1) is 23.1 Å². The molecule has 1 unspecified atom stereocenters. The van der Waals surface area contributed by atoms with Crippen LogP contribution < -0.4 is 25.4 Å². The zero-order valence-electron chi connectivity index (χ0n) is 26.9. The first-order valence-corrected chi connectivity index (χ1v) is 17.7. The standard InChI is InChI=1S/C37H33BrN4O5S2/c1-4-33(36(45)42-37-41-30(22-48-37)24-14-16-26(38)17-15-24)49-28-12-8-11-27(21-28)39-35(44)29(40-34(43)25-9-6-5-7-10-25)19-23-13-18-31(46-2)32(20-23)47-3/h5-22,33H,4H2,1-3H3,(H,39,44)(H,40,43)(H,41,42,45)/b29-19+. The van der Waals surface area contributed by atoms with Crippen LogP contribution in [0.3, 0.4) is 0 Å². The number of anilines is 2. The highest BCUT2D eigenvalue weighted by molar-refractivity contribution is 9.10. The first kappa shape index (κ1) is 35.4. The average molecular weight is 758 g/mol. The molecule has 9 nitrogen and oxygen atoms in total. The third-order valence-electron chi connectivity index (χ3n) is 7.16. The number of aromatic nitrogens is 1. The number of nitrogens with one attached hydrogen (secondary N) is 3. The largest absolute Gasteiger partial charge is 0.493 e. The lowest BCUT2D eigenvalue weighted by Gasteiger charge is -2.15. The highest BCUT2D eigenvalue weighted by Crippen LogP contribution is 2.31. The second-order valence-electron chi connectivity index (χ2n) is 10.5. The van der Waals surface area contributed by atoms with Crippen molar-refractivity contribution in [2.45, 2.75) is 23.5 Å². The number of methoxy groups -OCH3 is 2. The van der Waals surface area contributed by atoms with Crippen LogP contribution in [0.1, 0.15) is 29.3 Å². The number of thioether (sulfide) groups is 1. The predicted molar refractivity (Wildman–Crippen MR) is 200 cm³/mol. The number of nitrogens with zero attached hydrogens (tertiary/aromatic N) is 1. The topological polar surface area (TPSA) is 119 Å². The SMILES string of the molecule is CCC(Sc1cccc(NC(=O)/C(=C\c2ccc(OC)c(OC)c2)NC(=O)c2ccccc2)c1)C(=O)Nc1nc(-c2ccc(Br)cc2)cs1. The Morgan fingerprint density at radius 2 is 1.65 bits per heavy atom. The number of ether oxygens (including phenoxy) is 2. The van der Waals surface area contributed by atoms with Gasteiger partial charge in [-0.2, -0.15) is 0 Å². The minimum Gasteiger partial charge on any atom is -0.493 e. The van der Waals surface area contributed by atoms with Gasteiger partial charge < -0.3 is 25.4 Å². The number of thiazole rings is 1. The van der Waals surface area contributed by atoms with Crippen molar-refractivity contribution in [3.8, 4) is 22.8 Å². The van der Waals surface area contributed by atoms with Gasteiger partial charge >= 0.3 is 0 Å². The molecule has 0 saturated heterocycles. The van der Waals surface area contributed by atoms with E-state index in [1.54, 1.807) is 66.7 Å². The van der Waals surface area contributed by atoms with E-state index in [0.717, 1.165) is 20.6 Å². The highest BCUT2D eigenvalue weighted by Gasteiger charge is 2.21. The van der Waals surface area contributed by atoms with Gasteiger partial charge in [-0.1, -0.05) is 65.3 Å². The fourth-order valence-electron chi connectivity index (χ4n) is 4.65. The third kappa shape index (κ3) is 9.59. The van der Waals surface area contributed by atoms with Gasteiger partial charge in [-0.05, 0) is 72.7 Å². The van der Waals surface area contributed by atoms with Gasteiger partial charge in [-0.3, -0.25) is 14.4 Å². The summed E-state index contributed by atoms with van der Waals surface area (Å²) in [7, 11) is 3.06. The van der Waals surface area contributed by atoms with Crippen LogP contribution in [0.2, 0.25) is 0 Å². The Bertz CT molecular complexity index is 1970. The van der Waals surface area contributed by atoms with Crippen molar-refractivity contribution in [3.63, 3.8) is 0 Å². The van der Waals surface area contributed by atoms with Crippen LogP contribution in [0.15, 0.2) is 118 Å². The fourth-order valence-corrected chi connectivity index (χ4v) is 6.65. The molecule has 0 saturated carbocycles. The molecule has 0 aliphatic heterocycles. The van der Waals surface area contributed by atoms with Crippen molar-refractivity contribution in [1.29, 1.82) is 0 Å². The maximum atomic E-state index is 13.7. The van der Waals surface area contributed by atoms with Crippen molar-refractivity contribution in [2.24, 2.45) is 0 Å². The zero-order chi connectivity index (χ0) is 34.8. The molecule has 12 heteroatoms. The number of hydrogen-bond acceptors (Lipinski definition) is 8. The van der Waals surface area contributed by atoms with Crippen LogP contribution in [0.4, 0.5) is 10.8 Å². The van der Waals surface area contributed by atoms with Crippen molar-refractivity contribution in [3.05, 3.63) is 124 Å². The van der Waals surface area contributed by atoms with Gasteiger partial charge in [0.05, 0.1) is 25.2 Å². The smallest absolute Gasteiger partial charge is 0.272 e. The Labute approximate surface area is 301 Å². The molecular weight excluding hydrogens is 724 g/mol. The Morgan fingerprint density at radius 3 is 2.37 bits per heavy atom. The van der Waals surface area contributed by atoms with Crippen LogP contribution in [-0.4, -0.2) is 42.2 Å². The van der Waals surface area contributed by atoms with Crippen molar-refractivity contribution in [1.82, 2.24) is 10.3 Å². The zero-order valence-corrected chi connectivity index (χ0v) is 30.1. The lowest BCUT2D eigenvalue weighted by atomic mass is 10.1. The monoisotopic (exact) mass is 756 g/mol. The predicted octanol–water partition coefficient (Wildman–Crippen LogP) is 8.51. The van der Waals surface area contributed by atoms with Crippen LogP contribution in [-0.2, 0) is 9.59 Å². The van der Waals surface area contributed by atoms with E-state index >= 15 is 0 Å². The molecule has 250 valence electrons. The number of benzene rings is 4. The molecule has 5 aromatic rings. The fraction of sp³-hybridized carbons (Fsp3) is 0.135. The number of halogens is 1. The van der Waals surface area contributed by atoms with Crippen LogP contribution in [0.25, 0.3) is 17.3 Å². The van der Waals surface area contributed by atoms with E-state index in [1.807, 2.05) is 48.7 Å². The molecular formula is C37H33BrN4O5S2. The molecule has 0 aliphatic rings. The highest BCUT2D eigenvalue weighted by atomic mass is 79.9. The normalized spacial score (nSPS) is 11.7. The van der Waals surface area contributed by atoms with E-state index in [9.17, 15) is 14.4 Å². The lowest BCUT2D eigenvalue weighted by Crippen LogP contribution is -2.30. The Morgan fingerprint density at radius 1 is 0.898 bits per heavy atom. The van der Waals surface area contributed by atoms with Gasteiger partial charge in [0.2, 0.25) is 5.91 Å². The summed E-state index contributed by atoms with van der Waals surface area (Å²) >= 11 is 6.20. The van der Waals surface area contributed by atoms with E-state index in [-0.39, 0.29) is 11.6 Å². The van der Waals surface area contributed by atoms with Gasteiger partial charge in [0.25, 0.3) is 11.8 Å². The molecule has 5 rings (SSSR count). The van der Waals surface area contributed by atoms with E-state index in [4.69, 9.17) is 9.47 Å². The van der Waals surface area contributed by atoms with Crippen molar-refractivity contribution >= 4 is 73.6 Å². The number of carbonyl (C=O) groups is 3. The molecule has 49 heavy (non-hydrogen) atoms. The van der Waals surface area contributed by atoms with E-state index in [1.165, 1.54) is 37.3 Å². The summed E-state index contributed by atoms with van der Waals surface area (Å²) in [5, 5.41) is 10.6. The van der Waals surface area contributed by atoms with Crippen LogP contribution in [0.5, 0.6) is 11.5 Å². The molecule has 3 N–H and O–H groups in total. The summed E-state index contributed by atoms with van der Waals surface area (Å²) in [5.74, 6) is -0.125. The molecule has 0 aliphatic carbocycles. The summed E-state index contributed by atoms with van der Waals surface area (Å²) in [6.45, 7) is 1.94. The number of amides is 3. The van der Waals surface area contributed by atoms with Crippen LogP contribution >= 0.6 is 39.0 Å². The van der Waals surface area contributed by atoms with Gasteiger partial charge in [0, 0.05) is 31.6 Å². The summed E-state index contributed by atoms with van der Waals surface area (Å²) in [5.41, 5.74) is 3.28. The molecule has 1 atom stereocenters. The second kappa shape index (κ2) is 17.0. The Kier molecular flexibility index (Phi) is 12.3. The van der Waals surface area contributed by atoms with E-state index in [0.29, 0.717) is 39.9 Å². The molecule has 0 bridgehead atoms. The molecule has 1 aromatic heterocycles. The van der Waals surface area contributed by atoms with Gasteiger partial charge in [0.1, 0.15) is 5.70 Å². The van der Waals surface area contributed by atoms with Crippen molar-refractivity contribution in [2.75, 3.05) is 24.9 Å². The van der Waals surface area contributed by atoms with Crippen LogP contribution in [0, 0.1) is 0 Å². The minimum absolute atomic E-state index is 0.0240. The van der Waals surface area contributed by atoms with E-state index in [2.05, 4.69) is 36.9 Å². The quantitative estimate of drug-likeness (QED) is 0.0815. The van der Waals surface area contributed by atoms with E-state index < -0.39 is 17.1 Å². The molecule has 1 heterocycles. The van der Waals surface area contributed by atoms with Gasteiger partial charge in [0.15, 0.2) is 16.6 Å². The first-order valence-electron chi connectivity index (χ1n) is 15.2. The lowest BCUT2D eigenvalue weighted by molar-refractivity contribution is -0.116. The molecule has 0 fully saturated rings. The van der Waals surface area contributed by atoms with Crippen molar-refractivity contribution < 1.29 is 23.9 Å². The third-order valence-corrected chi connectivity index (χ3v) is 9.80. The summed E-state index contributed by atoms with van der Waals surface area (Å²) in [6, 6.07) is 28.9. The number of rotatable bonds is 13. The second-order valence-corrected chi connectivity index (χ2v) is 13.6. The number of carbonyl (C=O) groups excluding carboxylic acids is 3. The summed E-state index contributed by atoms with van der Waals surface area (Å²) < 4.78 is 11.7. The Hall–Kier alpha value is -4.91. The average Bonchev–Trinajstić information content (AvgIpc) is 3.59. The summed E-state index contributed by atoms with van der Waals surface area (Å²) in [6.07, 6.45) is 2.14. The number of hydrogen-bond donors (Lipinski definition) is 3. The molecule has 3 amide bonds. The maximum absolute atomic E-state index is 13.7. The molecule has 4 aromatic carbocycles. The molecule has 0 radical (unpaired) electrons. The maximum Gasteiger partial charge on any atom is 0.272 e. The Balaban J connectivity index is 1.30. The summed E-state index contributed by atoms with van der Waals surface area (Å²) in [4.78, 5) is 45.4. The van der Waals surface area contributed by atoms with Gasteiger partial charge in [-0.25, -0.2) is 4.98 Å². The minimum atomic E-state index is -0.531. The first-order chi connectivity index (χ1) is 23.8.